The van der Waals surface area contributed by atoms with Crippen LogP contribution in [0, 0.1) is 11.8 Å². The van der Waals surface area contributed by atoms with E-state index >= 15 is 0 Å². The Hall–Kier alpha value is -2.12. The molecular weight excluding hydrogens is 220 g/mol. The molecule has 4 nitrogen and oxygen atoms in total. The fourth-order valence-corrected chi connectivity index (χ4v) is 1.16. The number of carbonyl (C=O) groups is 2. The van der Waals surface area contributed by atoms with E-state index in [-0.39, 0.29) is 18.8 Å². The second kappa shape index (κ2) is 6.46. The Balaban J connectivity index is 2.80. The first-order valence-corrected chi connectivity index (χ1v) is 5.10. The number of esters is 1. The van der Waals surface area contributed by atoms with Gasteiger partial charge in [0.1, 0.15) is 6.61 Å². The summed E-state index contributed by atoms with van der Waals surface area (Å²) in [4.78, 5) is 22.7. The van der Waals surface area contributed by atoms with E-state index in [2.05, 4.69) is 16.6 Å². The third kappa shape index (κ3) is 3.74. The number of hydrogen-bond donors (Lipinski definition) is 1. The first kappa shape index (κ1) is 12.9. The summed E-state index contributed by atoms with van der Waals surface area (Å²) in [5.74, 6) is 3.64. The van der Waals surface area contributed by atoms with Crippen molar-refractivity contribution in [2.75, 3.05) is 13.2 Å². The Bertz CT molecular complexity index is 462. The van der Waals surface area contributed by atoms with E-state index in [9.17, 15) is 9.59 Å². The molecule has 0 aromatic heterocycles. The Kier molecular flexibility index (Phi) is 4.92. The Morgan fingerprint density at radius 1 is 1.29 bits per heavy atom. The zero-order valence-corrected chi connectivity index (χ0v) is 9.40. The number of aliphatic hydroxyl groups is 1. The van der Waals surface area contributed by atoms with Gasteiger partial charge < -0.3 is 9.84 Å². The predicted octanol–water partition coefficient (Wildman–Crippen LogP) is 0.776. The van der Waals surface area contributed by atoms with Crippen LogP contribution in [-0.4, -0.2) is 30.1 Å². The summed E-state index contributed by atoms with van der Waals surface area (Å²) in [6, 6.07) is 6.21. The van der Waals surface area contributed by atoms with Crippen LogP contribution in [0.2, 0.25) is 0 Å². The van der Waals surface area contributed by atoms with Gasteiger partial charge in [0.05, 0.1) is 6.61 Å². The van der Waals surface area contributed by atoms with E-state index in [0.29, 0.717) is 5.56 Å². The minimum atomic E-state index is -0.860. The lowest BCUT2D eigenvalue weighted by Gasteiger charge is -2.00. The zero-order chi connectivity index (χ0) is 12.7. The van der Waals surface area contributed by atoms with Crippen LogP contribution >= 0.6 is 0 Å². The molecule has 0 unspecified atom stereocenters. The van der Waals surface area contributed by atoms with Crippen LogP contribution in [0.3, 0.4) is 0 Å². The average molecular weight is 232 g/mol. The normalized spacial score (nSPS) is 9.06. The molecule has 0 aliphatic heterocycles. The molecule has 0 bridgehead atoms. The van der Waals surface area contributed by atoms with Crippen molar-refractivity contribution in [1.82, 2.24) is 0 Å². The molecule has 0 radical (unpaired) electrons. The van der Waals surface area contributed by atoms with Crippen LogP contribution in [0.25, 0.3) is 0 Å². The van der Waals surface area contributed by atoms with Crippen molar-refractivity contribution >= 4 is 11.8 Å². The van der Waals surface area contributed by atoms with E-state index in [1.807, 2.05) is 0 Å². The molecule has 0 atom stereocenters. The summed E-state index contributed by atoms with van der Waals surface area (Å²) in [5, 5.41) is 8.51. The van der Waals surface area contributed by atoms with Crippen LogP contribution < -0.4 is 0 Å². The summed E-state index contributed by atoms with van der Waals surface area (Å²) >= 11 is 0. The maximum absolute atomic E-state index is 11.5. The van der Waals surface area contributed by atoms with Crippen LogP contribution in [0.4, 0.5) is 0 Å². The molecule has 0 saturated carbocycles. The molecule has 0 amide bonds. The molecule has 88 valence electrons. The predicted molar refractivity (Wildman–Crippen MR) is 61.4 cm³/mol. The van der Waals surface area contributed by atoms with Crippen molar-refractivity contribution in [3.05, 3.63) is 35.4 Å². The second-order valence-electron chi connectivity index (χ2n) is 3.09. The van der Waals surface area contributed by atoms with E-state index in [0.717, 1.165) is 0 Å². The van der Waals surface area contributed by atoms with Crippen LogP contribution in [0.15, 0.2) is 24.3 Å². The van der Waals surface area contributed by atoms with Crippen molar-refractivity contribution in [1.29, 1.82) is 0 Å². The molecule has 0 fully saturated rings. The highest BCUT2D eigenvalue weighted by Crippen LogP contribution is 2.05. The molecule has 1 rings (SSSR count). The second-order valence-corrected chi connectivity index (χ2v) is 3.09. The Morgan fingerprint density at radius 3 is 2.47 bits per heavy atom. The van der Waals surface area contributed by atoms with Gasteiger partial charge in [-0.15, -0.1) is 0 Å². The van der Waals surface area contributed by atoms with Gasteiger partial charge in [0.25, 0.3) is 5.78 Å². The lowest BCUT2D eigenvalue weighted by molar-refractivity contribution is -0.137. The quantitative estimate of drug-likeness (QED) is 0.362. The number of hydrogen-bond acceptors (Lipinski definition) is 4. The Morgan fingerprint density at radius 2 is 1.94 bits per heavy atom. The highest BCUT2D eigenvalue weighted by molar-refractivity contribution is 6.40. The third-order valence-corrected chi connectivity index (χ3v) is 1.92. The van der Waals surface area contributed by atoms with Crippen molar-refractivity contribution in [2.24, 2.45) is 0 Å². The molecule has 0 saturated heterocycles. The highest BCUT2D eigenvalue weighted by atomic mass is 16.5. The van der Waals surface area contributed by atoms with Crippen LogP contribution in [0.1, 0.15) is 22.8 Å². The van der Waals surface area contributed by atoms with Crippen LogP contribution in [-0.2, 0) is 9.53 Å². The summed E-state index contributed by atoms with van der Waals surface area (Å²) in [5.41, 5.74) is 0.928. The first-order chi connectivity index (χ1) is 8.19. The van der Waals surface area contributed by atoms with E-state index < -0.39 is 11.8 Å². The van der Waals surface area contributed by atoms with Gasteiger partial charge in [-0.2, -0.15) is 0 Å². The van der Waals surface area contributed by atoms with E-state index in [1.165, 1.54) is 12.1 Å². The summed E-state index contributed by atoms with van der Waals surface area (Å²) in [6.45, 7) is 1.59. The maximum atomic E-state index is 11.5. The lowest BCUT2D eigenvalue weighted by atomic mass is 10.1. The van der Waals surface area contributed by atoms with Crippen molar-refractivity contribution in [3.8, 4) is 11.8 Å². The SMILES string of the molecule is CCOC(=O)C(=O)c1ccc(C#CCO)cc1. The molecule has 1 aromatic carbocycles. The zero-order valence-electron chi connectivity index (χ0n) is 9.40. The van der Waals surface area contributed by atoms with Gasteiger partial charge in [0.2, 0.25) is 0 Å². The van der Waals surface area contributed by atoms with Gasteiger partial charge in [-0.05, 0) is 31.2 Å². The molecule has 17 heavy (non-hydrogen) atoms. The molecule has 0 spiro atoms. The first-order valence-electron chi connectivity index (χ1n) is 5.10. The number of benzene rings is 1. The summed E-state index contributed by atoms with van der Waals surface area (Å²) in [6.07, 6.45) is 0. The minimum absolute atomic E-state index is 0.171. The standard InChI is InChI=1S/C13H12O4/c1-2-17-13(16)12(15)11-7-5-10(6-8-11)4-3-9-14/h5-8,14H,2,9H2,1H3. The maximum Gasteiger partial charge on any atom is 0.379 e. The van der Waals surface area contributed by atoms with E-state index in [1.54, 1.807) is 19.1 Å². The number of ether oxygens (including phenoxy) is 1. The summed E-state index contributed by atoms with van der Waals surface area (Å²) < 4.78 is 4.60. The van der Waals surface area contributed by atoms with Gasteiger partial charge in [-0.3, -0.25) is 4.79 Å². The van der Waals surface area contributed by atoms with Crippen molar-refractivity contribution < 1.29 is 19.4 Å². The van der Waals surface area contributed by atoms with Crippen molar-refractivity contribution in [3.63, 3.8) is 0 Å². The molecule has 0 heterocycles. The molecule has 1 N–H and O–H groups in total. The molecule has 0 aliphatic rings. The van der Waals surface area contributed by atoms with Crippen LogP contribution in [0.5, 0.6) is 0 Å². The Labute approximate surface area is 99.2 Å². The minimum Gasteiger partial charge on any atom is -0.460 e. The van der Waals surface area contributed by atoms with Crippen molar-refractivity contribution in [2.45, 2.75) is 6.92 Å². The molecule has 0 aliphatic carbocycles. The number of rotatable bonds is 3. The number of Topliss-reactive ketones (excluding diaryl/α,β-unsaturated/α-hetero) is 1. The number of aliphatic hydroxyl groups excluding tert-OH is 1. The fourth-order valence-electron chi connectivity index (χ4n) is 1.16. The van der Waals surface area contributed by atoms with Gasteiger partial charge in [0.15, 0.2) is 0 Å². The monoisotopic (exact) mass is 232 g/mol. The van der Waals surface area contributed by atoms with Gasteiger partial charge >= 0.3 is 5.97 Å². The molecular formula is C13H12O4. The molecule has 1 aromatic rings. The fraction of sp³-hybridized carbons (Fsp3) is 0.231. The smallest absolute Gasteiger partial charge is 0.379 e. The number of ketones is 1. The molecule has 4 heteroatoms. The van der Waals surface area contributed by atoms with Gasteiger partial charge in [0, 0.05) is 11.1 Å². The van der Waals surface area contributed by atoms with E-state index in [4.69, 9.17) is 5.11 Å². The largest absolute Gasteiger partial charge is 0.460 e. The summed E-state index contributed by atoms with van der Waals surface area (Å²) in [7, 11) is 0. The lowest BCUT2D eigenvalue weighted by Crippen LogP contribution is -2.17. The van der Waals surface area contributed by atoms with Gasteiger partial charge in [-0.25, -0.2) is 4.79 Å². The number of carbonyl (C=O) groups excluding carboxylic acids is 2. The third-order valence-electron chi connectivity index (χ3n) is 1.92. The highest BCUT2D eigenvalue weighted by Gasteiger charge is 2.16. The average Bonchev–Trinajstić information content (AvgIpc) is 2.36. The topological polar surface area (TPSA) is 63.6 Å². The van der Waals surface area contributed by atoms with Gasteiger partial charge in [-0.1, -0.05) is 11.8 Å².